The first-order chi connectivity index (χ1) is 11.3. The molecule has 1 aliphatic rings. The van der Waals surface area contributed by atoms with Crippen molar-refractivity contribution in [1.29, 1.82) is 0 Å². The zero-order chi connectivity index (χ0) is 17.6. The number of benzene rings is 1. The summed E-state index contributed by atoms with van der Waals surface area (Å²) in [4.78, 5) is 0. The van der Waals surface area contributed by atoms with Crippen molar-refractivity contribution in [2.45, 2.75) is 6.92 Å². The molecule has 1 aromatic carbocycles. The number of hydrogen-bond acceptors (Lipinski definition) is 5. The molecule has 24 heavy (non-hydrogen) atoms. The van der Waals surface area contributed by atoms with Gasteiger partial charge in [0.15, 0.2) is 0 Å². The van der Waals surface area contributed by atoms with E-state index in [-0.39, 0.29) is 12.3 Å². The van der Waals surface area contributed by atoms with Crippen LogP contribution in [0.15, 0.2) is 29.7 Å². The fraction of sp³-hybridized carbons (Fsp3) is 0.467. The van der Waals surface area contributed by atoms with E-state index < -0.39 is 20.0 Å². The Hall–Kier alpha value is -1.26. The average Bonchev–Trinajstić information content (AvgIpc) is 2.55. The molecule has 9 heteroatoms. The highest BCUT2D eigenvalue weighted by Gasteiger charge is 2.24. The molecule has 1 N–H and O–H groups in total. The second-order valence-corrected chi connectivity index (χ2v) is 9.22. The third kappa shape index (κ3) is 5.99. The van der Waals surface area contributed by atoms with Gasteiger partial charge in [-0.3, -0.25) is 0 Å². The van der Waals surface area contributed by atoms with Crippen molar-refractivity contribution in [2.24, 2.45) is 0 Å². The first-order valence-electron chi connectivity index (χ1n) is 7.58. The van der Waals surface area contributed by atoms with Crippen LogP contribution >= 0.6 is 0 Å². The van der Waals surface area contributed by atoms with Crippen LogP contribution in [0.3, 0.4) is 0 Å². The molecule has 1 aromatic rings. The lowest BCUT2D eigenvalue weighted by Crippen LogP contribution is -2.43. The maximum Gasteiger partial charge on any atom is 0.233 e. The fourth-order valence-electron chi connectivity index (χ4n) is 2.16. The van der Waals surface area contributed by atoms with Crippen LogP contribution in [0.25, 0.3) is 6.08 Å². The van der Waals surface area contributed by atoms with Gasteiger partial charge >= 0.3 is 0 Å². The number of sulfonamides is 2. The summed E-state index contributed by atoms with van der Waals surface area (Å²) in [6.45, 7) is 3.13. The molecule has 0 aliphatic carbocycles. The highest BCUT2D eigenvalue weighted by atomic mass is 32.2. The van der Waals surface area contributed by atoms with Crippen LogP contribution in [-0.4, -0.2) is 59.7 Å². The van der Waals surface area contributed by atoms with Crippen LogP contribution in [0.1, 0.15) is 11.1 Å². The monoisotopic (exact) mass is 374 g/mol. The third-order valence-corrected chi connectivity index (χ3v) is 6.52. The van der Waals surface area contributed by atoms with Gasteiger partial charge in [0.25, 0.3) is 0 Å². The van der Waals surface area contributed by atoms with Crippen molar-refractivity contribution < 1.29 is 21.6 Å². The highest BCUT2D eigenvalue weighted by Crippen LogP contribution is 2.07. The predicted octanol–water partition coefficient (Wildman–Crippen LogP) is 0.547. The lowest BCUT2D eigenvalue weighted by Gasteiger charge is -2.25. The van der Waals surface area contributed by atoms with Crippen LogP contribution in [-0.2, 0) is 24.8 Å². The fourth-order valence-corrected chi connectivity index (χ4v) is 4.43. The number of rotatable bonds is 7. The van der Waals surface area contributed by atoms with E-state index in [1.54, 1.807) is 0 Å². The standard InChI is InChI=1S/C15H22N2O5S2/c1-14-2-4-15(5-3-14)6-12-23(18,19)16-7-13-24(20,21)17-8-10-22-11-9-17/h2-6,12,16H,7-11,13H2,1H3/b12-6-. The molecule has 0 saturated carbocycles. The van der Waals surface area contributed by atoms with E-state index in [2.05, 4.69) is 4.72 Å². The Labute approximate surface area is 143 Å². The van der Waals surface area contributed by atoms with Gasteiger partial charge < -0.3 is 4.74 Å². The minimum Gasteiger partial charge on any atom is -0.379 e. The number of hydrogen-bond donors (Lipinski definition) is 1. The molecule has 1 saturated heterocycles. The molecule has 0 aromatic heterocycles. The van der Waals surface area contributed by atoms with E-state index in [9.17, 15) is 16.8 Å². The Kier molecular flexibility index (Phi) is 6.53. The van der Waals surface area contributed by atoms with E-state index in [0.29, 0.717) is 26.3 Å². The van der Waals surface area contributed by atoms with Gasteiger partial charge in [0.05, 0.1) is 19.0 Å². The van der Waals surface area contributed by atoms with Gasteiger partial charge in [0.2, 0.25) is 20.0 Å². The Morgan fingerprint density at radius 1 is 1.12 bits per heavy atom. The zero-order valence-corrected chi connectivity index (χ0v) is 15.1. The van der Waals surface area contributed by atoms with Gasteiger partial charge in [0.1, 0.15) is 0 Å². The van der Waals surface area contributed by atoms with E-state index in [0.717, 1.165) is 16.5 Å². The van der Waals surface area contributed by atoms with E-state index in [1.165, 1.54) is 10.4 Å². The van der Waals surface area contributed by atoms with E-state index >= 15 is 0 Å². The summed E-state index contributed by atoms with van der Waals surface area (Å²) in [7, 11) is -7.16. The summed E-state index contributed by atoms with van der Waals surface area (Å²) in [5.74, 6) is -0.273. The quantitative estimate of drug-likeness (QED) is 0.752. The van der Waals surface area contributed by atoms with Crippen molar-refractivity contribution >= 4 is 26.1 Å². The van der Waals surface area contributed by atoms with Gasteiger partial charge in [-0.25, -0.2) is 21.6 Å². The minimum absolute atomic E-state index is 0.166. The Morgan fingerprint density at radius 3 is 2.38 bits per heavy atom. The minimum atomic E-state index is -3.68. The molecule has 1 fully saturated rings. The van der Waals surface area contributed by atoms with Crippen molar-refractivity contribution in [1.82, 2.24) is 9.03 Å². The van der Waals surface area contributed by atoms with Gasteiger partial charge in [-0.1, -0.05) is 29.8 Å². The molecule has 1 heterocycles. The summed E-state index contributed by atoms with van der Waals surface area (Å²) in [5, 5.41) is 1.04. The molecule has 0 radical (unpaired) electrons. The number of morpholine rings is 1. The molecular weight excluding hydrogens is 352 g/mol. The Balaban J connectivity index is 1.87. The first kappa shape index (κ1) is 19.1. The zero-order valence-electron chi connectivity index (χ0n) is 13.5. The molecule has 0 amide bonds. The number of nitrogens with one attached hydrogen (secondary N) is 1. The maximum atomic E-state index is 12.1. The van der Waals surface area contributed by atoms with Gasteiger partial charge in [-0.2, -0.15) is 4.31 Å². The van der Waals surface area contributed by atoms with Gasteiger partial charge in [-0.15, -0.1) is 0 Å². The van der Waals surface area contributed by atoms with Crippen LogP contribution in [0.2, 0.25) is 0 Å². The Bertz CT molecular complexity index is 765. The van der Waals surface area contributed by atoms with E-state index in [1.807, 2.05) is 31.2 Å². The summed E-state index contributed by atoms with van der Waals surface area (Å²) < 4.78 is 56.7. The molecule has 2 rings (SSSR count). The molecule has 1 aliphatic heterocycles. The van der Waals surface area contributed by atoms with Crippen LogP contribution < -0.4 is 4.72 Å². The van der Waals surface area contributed by atoms with Gasteiger partial charge in [0, 0.05) is 25.0 Å². The second-order valence-electron chi connectivity index (χ2n) is 5.48. The van der Waals surface area contributed by atoms with Crippen molar-refractivity contribution in [3.63, 3.8) is 0 Å². The molecule has 134 valence electrons. The second kappa shape index (κ2) is 8.21. The number of ether oxygens (including phenoxy) is 1. The lowest BCUT2D eigenvalue weighted by molar-refractivity contribution is 0.0730. The van der Waals surface area contributed by atoms with Crippen molar-refractivity contribution in [2.75, 3.05) is 38.6 Å². The van der Waals surface area contributed by atoms with Crippen LogP contribution in [0.4, 0.5) is 0 Å². The highest BCUT2D eigenvalue weighted by molar-refractivity contribution is 7.92. The average molecular weight is 374 g/mol. The number of aryl methyl sites for hydroxylation is 1. The summed E-state index contributed by atoms with van der Waals surface area (Å²) in [6, 6.07) is 7.39. The Morgan fingerprint density at radius 2 is 1.75 bits per heavy atom. The van der Waals surface area contributed by atoms with Crippen LogP contribution in [0, 0.1) is 6.92 Å². The molecule has 7 nitrogen and oxygen atoms in total. The van der Waals surface area contributed by atoms with E-state index in [4.69, 9.17) is 4.74 Å². The molecule has 0 unspecified atom stereocenters. The summed E-state index contributed by atoms with van der Waals surface area (Å²) >= 11 is 0. The van der Waals surface area contributed by atoms with Crippen molar-refractivity contribution in [3.05, 3.63) is 40.8 Å². The smallest absolute Gasteiger partial charge is 0.233 e. The lowest BCUT2D eigenvalue weighted by atomic mass is 10.2. The first-order valence-corrected chi connectivity index (χ1v) is 10.7. The normalized spacial score (nSPS) is 17.4. The molecular formula is C15H22N2O5S2. The molecule has 0 spiro atoms. The van der Waals surface area contributed by atoms with Crippen LogP contribution in [0.5, 0.6) is 0 Å². The third-order valence-electron chi connectivity index (χ3n) is 3.54. The molecule has 0 atom stereocenters. The summed E-state index contributed by atoms with van der Waals surface area (Å²) in [5.41, 5.74) is 1.84. The number of nitrogens with zero attached hydrogens (tertiary/aromatic N) is 1. The van der Waals surface area contributed by atoms with Gasteiger partial charge in [-0.05, 0) is 18.6 Å². The largest absolute Gasteiger partial charge is 0.379 e. The summed E-state index contributed by atoms with van der Waals surface area (Å²) in [6.07, 6.45) is 1.47. The maximum absolute atomic E-state index is 12.1. The predicted molar refractivity (Wildman–Crippen MR) is 93.3 cm³/mol. The topological polar surface area (TPSA) is 92.8 Å². The SMILES string of the molecule is Cc1ccc(/C=C\S(=O)(=O)NCCS(=O)(=O)N2CCOCC2)cc1. The molecule has 0 bridgehead atoms. The van der Waals surface area contributed by atoms with Crippen molar-refractivity contribution in [3.8, 4) is 0 Å².